The molecular formula is C10H12O5. The number of hydrogen-bond donors (Lipinski definition) is 3. The normalized spacial score (nSPS) is 12.2. The minimum absolute atomic E-state index is 0.167. The summed E-state index contributed by atoms with van der Waals surface area (Å²) in [6.07, 6.45) is -1.42. The molecule has 5 heteroatoms. The molecule has 0 aliphatic rings. The van der Waals surface area contributed by atoms with Gasteiger partial charge >= 0.3 is 0 Å². The summed E-state index contributed by atoms with van der Waals surface area (Å²) in [5.41, 5.74) is 0.215. The van der Waals surface area contributed by atoms with E-state index in [-0.39, 0.29) is 17.1 Å². The standard InChI is InChI=1S/C10H12O5/c1-15-9-3-2-6(4-7(9)12)10(14)8(13)5-11/h2-4,10-12,14H,5H2,1H3. The Balaban J connectivity index is 2.97. The number of carbonyl (C=O) groups is 1. The number of carbonyl (C=O) groups excluding carboxylic acids is 1. The molecular weight excluding hydrogens is 200 g/mol. The second kappa shape index (κ2) is 4.77. The van der Waals surface area contributed by atoms with Crippen molar-refractivity contribution in [3.8, 4) is 11.5 Å². The van der Waals surface area contributed by atoms with Crippen LogP contribution in [0.4, 0.5) is 0 Å². The van der Waals surface area contributed by atoms with Crippen molar-refractivity contribution in [1.29, 1.82) is 0 Å². The molecule has 0 fully saturated rings. The fraction of sp³-hybridized carbons (Fsp3) is 0.300. The van der Waals surface area contributed by atoms with Gasteiger partial charge in [-0.2, -0.15) is 0 Å². The number of ether oxygens (including phenoxy) is 1. The highest BCUT2D eigenvalue weighted by Crippen LogP contribution is 2.28. The van der Waals surface area contributed by atoms with E-state index in [0.29, 0.717) is 0 Å². The SMILES string of the molecule is COc1ccc(C(O)C(=O)CO)cc1O. The highest BCUT2D eigenvalue weighted by atomic mass is 16.5. The molecule has 0 aromatic heterocycles. The van der Waals surface area contributed by atoms with Gasteiger partial charge in [0.1, 0.15) is 12.7 Å². The van der Waals surface area contributed by atoms with E-state index in [1.807, 2.05) is 0 Å². The number of phenols is 1. The molecule has 3 N–H and O–H groups in total. The van der Waals surface area contributed by atoms with Crippen molar-refractivity contribution in [1.82, 2.24) is 0 Å². The maximum Gasteiger partial charge on any atom is 0.191 e. The molecule has 0 radical (unpaired) electrons. The maximum absolute atomic E-state index is 11.0. The number of ketones is 1. The van der Waals surface area contributed by atoms with Crippen molar-refractivity contribution in [2.24, 2.45) is 0 Å². The van der Waals surface area contributed by atoms with Crippen molar-refractivity contribution in [3.05, 3.63) is 23.8 Å². The van der Waals surface area contributed by atoms with Crippen LogP contribution in [0, 0.1) is 0 Å². The lowest BCUT2D eigenvalue weighted by molar-refractivity contribution is -0.130. The van der Waals surface area contributed by atoms with E-state index in [1.54, 1.807) is 0 Å². The third-order valence-corrected chi connectivity index (χ3v) is 1.98. The van der Waals surface area contributed by atoms with Gasteiger partial charge in [-0.25, -0.2) is 0 Å². The molecule has 1 rings (SSSR count). The Kier molecular flexibility index (Phi) is 3.65. The molecule has 0 aliphatic heterocycles. The Labute approximate surface area is 86.5 Å². The summed E-state index contributed by atoms with van der Waals surface area (Å²) in [5.74, 6) is -0.637. The Morgan fingerprint density at radius 3 is 2.67 bits per heavy atom. The van der Waals surface area contributed by atoms with Crippen LogP contribution in [-0.4, -0.2) is 34.8 Å². The Bertz CT molecular complexity index is 361. The van der Waals surface area contributed by atoms with E-state index >= 15 is 0 Å². The van der Waals surface area contributed by atoms with Crippen LogP contribution in [0.2, 0.25) is 0 Å². The number of aliphatic hydroxyl groups is 2. The molecule has 5 nitrogen and oxygen atoms in total. The first-order valence-electron chi connectivity index (χ1n) is 4.28. The highest BCUT2D eigenvalue weighted by Gasteiger charge is 2.17. The Morgan fingerprint density at radius 2 is 2.20 bits per heavy atom. The first-order chi connectivity index (χ1) is 7.10. The molecule has 0 saturated carbocycles. The van der Waals surface area contributed by atoms with E-state index in [2.05, 4.69) is 0 Å². The number of aromatic hydroxyl groups is 1. The Hall–Kier alpha value is -1.59. The summed E-state index contributed by atoms with van der Waals surface area (Å²) in [6, 6.07) is 4.09. The second-order valence-corrected chi connectivity index (χ2v) is 2.96. The highest BCUT2D eigenvalue weighted by molar-refractivity contribution is 5.85. The van der Waals surface area contributed by atoms with E-state index in [9.17, 15) is 15.0 Å². The van der Waals surface area contributed by atoms with Crippen LogP contribution in [0.25, 0.3) is 0 Å². The van der Waals surface area contributed by atoms with Gasteiger partial charge in [0, 0.05) is 0 Å². The van der Waals surface area contributed by atoms with Crippen LogP contribution in [-0.2, 0) is 4.79 Å². The molecule has 15 heavy (non-hydrogen) atoms. The topological polar surface area (TPSA) is 87.0 Å². The van der Waals surface area contributed by atoms with Crippen molar-refractivity contribution in [2.75, 3.05) is 13.7 Å². The summed E-state index contributed by atoms with van der Waals surface area (Å²) in [4.78, 5) is 11.0. The second-order valence-electron chi connectivity index (χ2n) is 2.96. The lowest BCUT2D eigenvalue weighted by Crippen LogP contribution is -2.15. The van der Waals surface area contributed by atoms with Crippen molar-refractivity contribution in [3.63, 3.8) is 0 Å². The fourth-order valence-electron chi connectivity index (χ4n) is 1.15. The summed E-state index contributed by atoms with van der Waals surface area (Å²) >= 11 is 0. The molecule has 1 aromatic rings. The summed E-state index contributed by atoms with van der Waals surface area (Å²) < 4.78 is 4.80. The molecule has 82 valence electrons. The summed E-state index contributed by atoms with van der Waals surface area (Å²) in [7, 11) is 1.39. The fourth-order valence-corrected chi connectivity index (χ4v) is 1.15. The van der Waals surface area contributed by atoms with Crippen LogP contribution >= 0.6 is 0 Å². The minimum Gasteiger partial charge on any atom is -0.504 e. The van der Waals surface area contributed by atoms with Gasteiger partial charge in [-0.3, -0.25) is 4.79 Å². The van der Waals surface area contributed by atoms with Crippen LogP contribution in [0.5, 0.6) is 11.5 Å². The molecule has 0 heterocycles. The van der Waals surface area contributed by atoms with Crippen LogP contribution < -0.4 is 4.74 Å². The number of rotatable bonds is 4. The van der Waals surface area contributed by atoms with Gasteiger partial charge in [-0.1, -0.05) is 6.07 Å². The zero-order valence-corrected chi connectivity index (χ0v) is 8.17. The largest absolute Gasteiger partial charge is 0.504 e. The predicted molar refractivity (Wildman–Crippen MR) is 51.7 cm³/mol. The average molecular weight is 212 g/mol. The van der Waals surface area contributed by atoms with Gasteiger partial charge in [0.05, 0.1) is 7.11 Å². The first-order valence-corrected chi connectivity index (χ1v) is 4.28. The minimum atomic E-state index is -1.42. The maximum atomic E-state index is 11.0. The molecule has 0 saturated heterocycles. The van der Waals surface area contributed by atoms with Crippen molar-refractivity contribution < 1.29 is 24.9 Å². The molecule has 0 aliphatic carbocycles. The van der Waals surface area contributed by atoms with E-state index in [4.69, 9.17) is 9.84 Å². The van der Waals surface area contributed by atoms with Gasteiger partial charge in [-0.15, -0.1) is 0 Å². The van der Waals surface area contributed by atoms with Crippen LogP contribution in [0.1, 0.15) is 11.7 Å². The Morgan fingerprint density at radius 1 is 1.53 bits per heavy atom. The van der Waals surface area contributed by atoms with Crippen LogP contribution in [0.15, 0.2) is 18.2 Å². The van der Waals surface area contributed by atoms with E-state index in [0.717, 1.165) is 0 Å². The molecule has 1 aromatic carbocycles. The van der Waals surface area contributed by atoms with Gasteiger partial charge in [-0.05, 0) is 17.7 Å². The van der Waals surface area contributed by atoms with Gasteiger partial charge in [0.2, 0.25) is 0 Å². The zero-order chi connectivity index (χ0) is 11.4. The number of methoxy groups -OCH3 is 1. The number of benzene rings is 1. The van der Waals surface area contributed by atoms with Crippen LogP contribution in [0.3, 0.4) is 0 Å². The van der Waals surface area contributed by atoms with Crippen molar-refractivity contribution in [2.45, 2.75) is 6.10 Å². The molecule has 0 amide bonds. The average Bonchev–Trinajstić information content (AvgIpc) is 2.26. The summed E-state index contributed by atoms with van der Waals surface area (Å²) in [5, 5.41) is 27.3. The van der Waals surface area contributed by atoms with E-state index < -0.39 is 18.5 Å². The number of hydrogen-bond acceptors (Lipinski definition) is 5. The van der Waals surface area contributed by atoms with E-state index in [1.165, 1.54) is 25.3 Å². The molecule has 0 spiro atoms. The zero-order valence-electron chi connectivity index (χ0n) is 8.17. The quantitative estimate of drug-likeness (QED) is 0.653. The number of phenolic OH excluding ortho intramolecular Hbond substituents is 1. The lowest BCUT2D eigenvalue weighted by atomic mass is 10.1. The molecule has 0 bridgehead atoms. The van der Waals surface area contributed by atoms with Gasteiger partial charge in [0.25, 0.3) is 0 Å². The number of Topliss-reactive ketones (excluding diaryl/α,β-unsaturated/α-hetero) is 1. The third kappa shape index (κ3) is 2.45. The van der Waals surface area contributed by atoms with Gasteiger partial charge < -0.3 is 20.1 Å². The van der Waals surface area contributed by atoms with Crippen molar-refractivity contribution >= 4 is 5.78 Å². The predicted octanol–water partition coefficient (Wildman–Crippen LogP) is -0.00440. The lowest BCUT2D eigenvalue weighted by Gasteiger charge is -2.10. The van der Waals surface area contributed by atoms with Gasteiger partial charge in [0.15, 0.2) is 17.3 Å². The monoisotopic (exact) mass is 212 g/mol. The molecule has 1 atom stereocenters. The smallest absolute Gasteiger partial charge is 0.191 e. The summed E-state index contributed by atoms with van der Waals surface area (Å²) in [6.45, 7) is -0.742. The molecule has 1 unspecified atom stereocenters. The third-order valence-electron chi connectivity index (χ3n) is 1.98. The number of aliphatic hydroxyl groups excluding tert-OH is 2. The first kappa shape index (κ1) is 11.5.